The van der Waals surface area contributed by atoms with Crippen molar-refractivity contribution < 1.29 is 23.1 Å². The summed E-state index contributed by atoms with van der Waals surface area (Å²) in [6.07, 6.45) is 1.15. The Morgan fingerprint density at radius 2 is 1.86 bits per heavy atom. The number of aliphatic hydroxyl groups excluding tert-OH is 1. The summed E-state index contributed by atoms with van der Waals surface area (Å²) < 4.78 is 32.6. The van der Waals surface area contributed by atoms with Crippen molar-refractivity contribution in [3.63, 3.8) is 0 Å². The molecule has 8 heteroatoms. The number of benzene rings is 2. The SMILES string of the molecule is COc1cccc(S(=O)(=O)Nc2ccc(CC(=O)N3CCC(O)CC3)cc2)c1. The first-order chi connectivity index (χ1) is 13.4. The summed E-state index contributed by atoms with van der Waals surface area (Å²) in [6.45, 7) is 1.14. The Morgan fingerprint density at radius 1 is 1.18 bits per heavy atom. The first-order valence-corrected chi connectivity index (χ1v) is 10.6. The number of ether oxygens (including phenoxy) is 1. The van der Waals surface area contributed by atoms with Gasteiger partial charge >= 0.3 is 0 Å². The molecular weight excluding hydrogens is 380 g/mol. The van der Waals surface area contributed by atoms with E-state index in [2.05, 4.69) is 4.72 Å². The first kappa shape index (κ1) is 20.2. The minimum atomic E-state index is -3.73. The molecule has 0 radical (unpaired) electrons. The predicted octanol–water partition coefficient (Wildman–Crippen LogP) is 2.02. The van der Waals surface area contributed by atoms with Crippen molar-refractivity contribution in [1.29, 1.82) is 0 Å². The average molecular weight is 404 g/mol. The lowest BCUT2D eigenvalue weighted by Gasteiger charge is -2.29. The summed E-state index contributed by atoms with van der Waals surface area (Å²) in [5.41, 5.74) is 1.22. The van der Waals surface area contributed by atoms with Crippen molar-refractivity contribution in [3.8, 4) is 5.75 Å². The lowest BCUT2D eigenvalue weighted by Crippen LogP contribution is -2.40. The molecule has 1 aliphatic heterocycles. The van der Waals surface area contributed by atoms with Crippen LogP contribution in [0.5, 0.6) is 5.75 Å². The Bertz CT molecular complexity index is 920. The molecule has 1 saturated heterocycles. The molecule has 0 atom stereocenters. The number of carbonyl (C=O) groups is 1. The van der Waals surface area contributed by atoms with Gasteiger partial charge in [-0.2, -0.15) is 0 Å². The van der Waals surface area contributed by atoms with Gasteiger partial charge in [-0.25, -0.2) is 8.42 Å². The van der Waals surface area contributed by atoms with Gasteiger partial charge in [-0.05, 0) is 42.7 Å². The summed E-state index contributed by atoms with van der Waals surface area (Å²) in [6, 6.07) is 13.0. The molecule has 1 amide bonds. The molecule has 0 aliphatic carbocycles. The second kappa shape index (κ2) is 8.62. The van der Waals surface area contributed by atoms with Gasteiger partial charge in [-0.15, -0.1) is 0 Å². The number of rotatable bonds is 6. The maximum atomic E-state index is 12.5. The highest BCUT2D eigenvalue weighted by molar-refractivity contribution is 7.92. The van der Waals surface area contributed by atoms with Gasteiger partial charge in [0.05, 0.1) is 24.5 Å². The van der Waals surface area contributed by atoms with E-state index in [1.165, 1.54) is 19.2 Å². The van der Waals surface area contributed by atoms with E-state index in [1.807, 2.05) is 0 Å². The van der Waals surface area contributed by atoms with Crippen LogP contribution in [0.1, 0.15) is 18.4 Å². The molecule has 1 aliphatic rings. The number of anilines is 1. The quantitative estimate of drug-likeness (QED) is 0.768. The summed E-state index contributed by atoms with van der Waals surface area (Å²) >= 11 is 0. The molecule has 0 bridgehead atoms. The number of sulfonamides is 1. The number of methoxy groups -OCH3 is 1. The lowest BCUT2D eigenvalue weighted by molar-refractivity contribution is -0.132. The molecule has 28 heavy (non-hydrogen) atoms. The standard InChI is InChI=1S/C20H24N2O5S/c1-27-18-3-2-4-19(14-18)28(25,26)21-16-7-5-15(6-8-16)13-20(24)22-11-9-17(23)10-12-22/h2-8,14,17,21,23H,9-13H2,1H3. The molecule has 2 N–H and O–H groups in total. The molecule has 2 aromatic carbocycles. The second-order valence-electron chi connectivity index (χ2n) is 6.77. The van der Waals surface area contributed by atoms with Gasteiger partial charge in [0.1, 0.15) is 5.75 Å². The third-order valence-corrected chi connectivity index (χ3v) is 6.11. The summed E-state index contributed by atoms with van der Waals surface area (Å²) in [4.78, 5) is 14.2. The molecule has 7 nitrogen and oxygen atoms in total. The zero-order chi connectivity index (χ0) is 20.1. The smallest absolute Gasteiger partial charge is 0.262 e. The first-order valence-electron chi connectivity index (χ1n) is 9.09. The molecule has 3 rings (SSSR count). The highest BCUT2D eigenvalue weighted by Gasteiger charge is 2.21. The van der Waals surface area contributed by atoms with Crippen LogP contribution in [-0.4, -0.2) is 50.6 Å². The van der Waals surface area contributed by atoms with Crippen LogP contribution in [0, 0.1) is 0 Å². The molecular formula is C20H24N2O5S. The van der Waals surface area contributed by atoms with E-state index in [0.29, 0.717) is 37.4 Å². The summed E-state index contributed by atoms with van der Waals surface area (Å²) in [5.74, 6) is 0.471. The van der Waals surface area contributed by atoms with Crippen LogP contribution in [0.25, 0.3) is 0 Å². The van der Waals surface area contributed by atoms with E-state index in [9.17, 15) is 18.3 Å². The van der Waals surface area contributed by atoms with Crippen molar-refractivity contribution in [2.24, 2.45) is 0 Å². The fourth-order valence-electron chi connectivity index (χ4n) is 3.07. The molecule has 0 spiro atoms. The molecule has 0 aromatic heterocycles. The number of piperidine rings is 1. The Hall–Kier alpha value is -2.58. The Labute approximate surface area is 165 Å². The van der Waals surface area contributed by atoms with Gasteiger partial charge in [0, 0.05) is 24.8 Å². The monoisotopic (exact) mass is 404 g/mol. The van der Waals surface area contributed by atoms with Crippen LogP contribution in [0.3, 0.4) is 0 Å². The zero-order valence-electron chi connectivity index (χ0n) is 15.7. The number of aliphatic hydroxyl groups is 1. The third-order valence-electron chi connectivity index (χ3n) is 4.73. The number of nitrogens with one attached hydrogen (secondary N) is 1. The van der Waals surface area contributed by atoms with Crippen LogP contribution in [0.4, 0.5) is 5.69 Å². The zero-order valence-corrected chi connectivity index (χ0v) is 16.5. The van der Waals surface area contributed by atoms with Gasteiger partial charge in [0.15, 0.2) is 0 Å². The molecule has 1 heterocycles. The summed E-state index contributed by atoms with van der Waals surface area (Å²) in [5, 5.41) is 9.53. The Balaban J connectivity index is 1.63. The van der Waals surface area contributed by atoms with E-state index >= 15 is 0 Å². The van der Waals surface area contributed by atoms with Gasteiger partial charge in [0.25, 0.3) is 10.0 Å². The van der Waals surface area contributed by atoms with Crippen molar-refractivity contribution in [1.82, 2.24) is 4.90 Å². The number of amides is 1. The topological polar surface area (TPSA) is 95.9 Å². The van der Waals surface area contributed by atoms with Crippen LogP contribution >= 0.6 is 0 Å². The van der Waals surface area contributed by atoms with Gasteiger partial charge in [-0.1, -0.05) is 18.2 Å². The molecule has 0 saturated carbocycles. The Kier molecular flexibility index (Phi) is 6.21. The maximum Gasteiger partial charge on any atom is 0.262 e. The van der Waals surface area contributed by atoms with Crippen LogP contribution < -0.4 is 9.46 Å². The minimum absolute atomic E-state index is 0.0108. The Morgan fingerprint density at radius 3 is 2.50 bits per heavy atom. The van der Waals surface area contributed by atoms with Gasteiger partial charge in [-0.3, -0.25) is 9.52 Å². The highest BCUT2D eigenvalue weighted by Crippen LogP contribution is 2.21. The van der Waals surface area contributed by atoms with E-state index in [4.69, 9.17) is 4.74 Å². The number of hydrogen-bond donors (Lipinski definition) is 2. The number of nitrogens with zero attached hydrogens (tertiary/aromatic N) is 1. The van der Waals surface area contributed by atoms with Gasteiger partial charge < -0.3 is 14.7 Å². The maximum absolute atomic E-state index is 12.5. The summed E-state index contributed by atoms with van der Waals surface area (Å²) in [7, 11) is -2.26. The third kappa shape index (κ3) is 5.02. The van der Waals surface area contributed by atoms with Crippen molar-refractivity contribution in [2.45, 2.75) is 30.3 Å². The number of likely N-dealkylation sites (tertiary alicyclic amines) is 1. The van der Waals surface area contributed by atoms with E-state index in [-0.39, 0.29) is 23.3 Å². The fourth-order valence-corrected chi connectivity index (χ4v) is 4.17. The predicted molar refractivity (Wildman–Crippen MR) is 106 cm³/mol. The molecule has 0 unspecified atom stereocenters. The van der Waals surface area contributed by atoms with Crippen LogP contribution in [0.2, 0.25) is 0 Å². The lowest BCUT2D eigenvalue weighted by atomic mass is 10.1. The average Bonchev–Trinajstić information content (AvgIpc) is 2.70. The molecule has 2 aromatic rings. The van der Waals surface area contributed by atoms with Crippen molar-refractivity contribution >= 4 is 21.6 Å². The van der Waals surface area contributed by atoms with Gasteiger partial charge in [0.2, 0.25) is 5.91 Å². The molecule has 1 fully saturated rings. The normalized spacial score (nSPS) is 15.3. The fraction of sp³-hybridized carbons (Fsp3) is 0.350. The minimum Gasteiger partial charge on any atom is -0.497 e. The molecule has 150 valence electrons. The number of carbonyl (C=O) groups excluding carboxylic acids is 1. The van der Waals surface area contributed by atoms with Crippen LogP contribution in [-0.2, 0) is 21.2 Å². The van der Waals surface area contributed by atoms with E-state index in [1.54, 1.807) is 41.3 Å². The van der Waals surface area contributed by atoms with E-state index in [0.717, 1.165) is 5.56 Å². The van der Waals surface area contributed by atoms with Crippen LogP contribution in [0.15, 0.2) is 53.4 Å². The van der Waals surface area contributed by atoms with Crippen molar-refractivity contribution in [2.75, 3.05) is 24.9 Å². The largest absolute Gasteiger partial charge is 0.497 e. The van der Waals surface area contributed by atoms with E-state index < -0.39 is 10.0 Å². The number of hydrogen-bond acceptors (Lipinski definition) is 5. The second-order valence-corrected chi connectivity index (χ2v) is 8.45. The van der Waals surface area contributed by atoms with Crippen molar-refractivity contribution in [3.05, 3.63) is 54.1 Å². The highest BCUT2D eigenvalue weighted by atomic mass is 32.2.